The van der Waals surface area contributed by atoms with Gasteiger partial charge < -0.3 is 25.2 Å². The van der Waals surface area contributed by atoms with Crippen LogP contribution in [0, 0.1) is 6.92 Å². The van der Waals surface area contributed by atoms with E-state index >= 15 is 0 Å². The second kappa shape index (κ2) is 14.0. The summed E-state index contributed by atoms with van der Waals surface area (Å²) in [6, 6.07) is 7.31. The first-order valence-electron chi connectivity index (χ1n) is 6.41. The predicted molar refractivity (Wildman–Crippen MR) is 91.4 cm³/mol. The first kappa shape index (κ1) is 22.3. The van der Waals surface area contributed by atoms with Crippen molar-refractivity contribution in [1.29, 1.82) is 0 Å². The Labute approximate surface area is 135 Å². The zero-order valence-corrected chi connectivity index (χ0v) is 13.6. The van der Waals surface area contributed by atoms with Gasteiger partial charge in [0.15, 0.2) is 5.82 Å². The van der Waals surface area contributed by atoms with Gasteiger partial charge in [-0.2, -0.15) is 0 Å². The molecule has 0 saturated carbocycles. The van der Waals surface area contributed by atoms with Crippen molar-refractivity contribution < 1.29 is 14.4 Å². The molecule has 0 aliphatic heterocycles. The lowest BCUT2D eigenvalue weighted by Gasteiger charge is -2.05. The molecule has 23 heavy (non-hydrogen) atoms. The van der Waals surface area contributed by atoms with Crippen LogP contribution < -0.4 is 16.4 Å². The molecular weight excluding hydrogens is 298 g/mol. The number of hydrogen-bond acceptors (Lipinski definition) is 5. The molecule has 0 spiro atoms. The molecule has 2 aromatic rings. The Morgan fingerprint density at radius 3 is 2.26 bits per heavy atom. The van der Waals surface area contributed by atoms with Crippen molar-refractivity contribution in [2.45, 2.75) is 6.92 Å². The van der Waals surface area contributed by atoms with E-state index in [9.17, 15) is 4.79 Å². The molecule has 0 bridgehead atoms. The molecule has 0 unspecified atom stereocenters. The molecule has 0 aliphatic carbocycles. The van der Waals surface area contributed by atoms with Crippen molar-refractivity contribution in [1.82, 2.24) is 9.55 Å². The number of nitrogens with one attached hydrogen (secondary N) is 2. The number of nitrogens with two attached hydrogens (primary N) is 1. The third-order valence-corrected chi connectivity index (χ3v) is 2.22. The molecule has 4 N–H and O–H groups in total. The van der Waals surface area contributed by atoms with Crippen LogP contribution in [0.2, 0.25) is 0 Å². The average molecular weight is 321 g/mol. The van der Waals surface area contributed by atoms with E-state index < -0.39 is 0 Å². The molecule has 2 amide bonds. The minimum Gasteiger partial charge on any atom is -0.338 e. The number of anilines is 2. The highest BCUT2D eigenvalue weighted by Crippen LogP contribution is 2.10. The number of rotatable bonds is 2. The predicted octanol–water partition coefficient (Wildman–Crippen LogP) is 1.58. The van der Waals surface area contributed by atoms with Crippen LogP contribution in [-0.4, -0.2) is 36.2 Å². The van der Waals surface area contributed by atoms with Crippen LogP contribution in [0.5, 0.6) is 0 Å². The maximum absolute atomic E-state index is 11.6. The Morgan fingerprint density at radius 1 is 1.17 bits per heavy atom. The van der Waals surface area contributed by atoms with Gasteiger partial charge >= 0.3 is 6.03 Å². The zero-order chi connectivity index (χ0) is 18.3. The highest BCUT2D eigenvalue weighted by atomic mass is 16.2. The number of aryl methyl sites for hydroxylation is 2. The largest absolute Gasteiger partial charge is 0.338 e. The van der Waals surface area contributed by atoms with Crippen molar-refractivity contribution in [2.75, 3.05) is 17.7 Å². The topological polar surface area (TPSA) is 119 Å². The molecule has 0 radical (unpaired) electrons. The van der Waals surface area contributed by atoms with E-state index in [0.29, 0.717) is 5.82 Å². The maximum atomic E-state index is 11.6. The number of hydrogen-bond donors (Lipinski definition) is 3. The van der Waals surface area contributed by atoms with Crippen LogP contribution in [0.4, 0.5) is 16.3 Å². The van der Waals surface area contributed by atoms with Gasteiger partial charge in [0.2, 0.25) is 0 Å². The Balaban J connectivity index is 0. The second-order valence-electron chi connectivity index (χ2n) is 3.87. The first-order valence-corrected chi connectivity index (χ1v) is 6.41. The molecule has 2 rings (SSSR count). The minimum absolute atomic E-state index is 0.297. The number of imidazole rings is 1. The van der Waals surface area contributed by atoms with Crippen LogP contribution >= 0.6 is 0 Å². The minimum atomic E-state index is -0.297. The highest BCUT2D eigenvalue weighted by Gasteiger charge is 2.04. The van der Waals surface area contributed by atoms with Crippen LogP contribution in [0.3, 0.4) is 0 Å². The van der Waals surface area contributed by atoms with Gasteiger partial charge in [-0.05, 0) is 31.7 Å². The molecule has 0 atom stereocenters. The van der Waals surface area contributed by atoms with Crippen molar-refractivity contribution in [3.63, 3.8) is 0 Å². The molecular formula is C15H23N5O3. The smallest absolute Gasteiger partial charge is 0.324 e. The lowest BCUT2D eigenvalue weighted by molar-refractivity contribution is -0.0987. The summed E-state index contributed by atoms with van der Waals surface area (Å²) in [6.45, 7) is 5.97. The van der Waals surface area contributed by atoms with E-state index in [4.69, 9.17) is 9.59 Å². The fraction of sp³-hybridized carbons (Fsp3) is 0.200. The van der Waals surface area contributed by atoms with E-state index in [-0.39, 0.29) is 6.03 Å². The molecule has 126 valence electrons. The normalized spacial score (nSPS) is 8.00. The number of benzene rings is 1. The molecule has 0 fully saturated rings. The lowest BCUT2D eigenvalue weighted by Crippen LogP contribution is -2.19. The fourth-order valence-corrected chi connectivity index (χ4v) is 1.48. The summed E-state index contributed by atoms with van der Waals surface area (Å²) in [5, 5.41) is 5.39. The van der Waals surface area contributed by atoms with Gasteiger partial charge in [0.25, 0.3) is 0 Å². The van der Waals surface area contributed by atoms with Gasteiger partial charge in [0, 0.05) is 18.9 Å². The first-order chi connectivity index (χ1) is 11.1. The Morgan fingerprint density at radius 2 is 1.78 bits per heavy atom. The van der Waals surface area contributed by atoms with E-state index in [1.165, 1.54) is 7.05 Å². The number of aromatic nitrogens is 2. The summed E-state index contributed by atoms with van der Waals surface area (Å²) in [7, 11) is 3.34. The van der Waals surface area contributed by atoms with E-state index in [1.54, 1.807) is 17.1 Å². The van der Waals surface area contributed by atoms with Crippen molar-refractivity contribution in [3.8, 4) is 0 Å². The monoisotopic (exact) mass is 321 g/mol. The summed E-state index contributed by atoms with van der Waals surface area (Å²) >= 11 is 0. The van der Waals surface area contributed by atoms with E-state index in [1.807, 2.05) is 51.8 Å². The average Bonchev–Trinajstić information content (AvgIpc) is 2.98. The summed E-state index contributed by atoms with van der Waals surface area (Å²) < 4.78 is 1.77. The Bertz CT molecular complexity index is 570. The molecule has 1 aromatic carbocycles. The number of carbonyl (C=O) groups is 3. The highest BCUT2D eigenvalue weighted by molar-refractivity contribution is 5.99. The molecule has 1 heterocycles. The molecule has 1 aromatic heterocycles. The van der Waals surface area contributed by atoms with E-state index in [0.717, 1.165) is 11.3 Å². The zero-order valence-electron chi connectivity index (χ0n) is 13.6. The van der Waals surface area contributed by atoms with Crippen LogP contribution in [0.1, 0.15) is 5.56 Å². The van der Waals surface area contributed by atoms with Gasteiger partial charge in [0.1, 0.15) is 13.6 Å². The van der Waals surface area contributed by atoms with Gasteiger partial charge in [-0.15, -0.1) is 0 Å². The summed E-state index contributed by atoms with van der Waals surface area (Å²) in [5.74, 6) is 0.526. The quantitative estimate of drug-likeness (QED) is 0.776. The number of urea groups is 1. The van der Waals surface area contributed by atoms with Crippen LogP contribution in [0.25, 0.3) is 0 Å². The standard InChI is InChI=1S/C12H14N4O.CH5N.2CH2O/c1-9-4-3-5-10(6-9)14-12(17)15-11-7-16(2)8-13-11;3*1-2/h3-8H,1-2H3,(H2,14,15,17);2H2,1H3;2*1H2. The van der Waals surface area contributed by atoms with Gasteiger partial charge in [0.05, 0.1) is 6.33 Å². The van der Waals surface area contributed by atoms with Gasteiger partial charge in [-0.1, -0.05) is 12.1 Å². The second-order valence-corrected chi connectivity index (χ2v) is 3.87. The van der Waals surface area contributed by atoms with Gasteiger partial charge in [-0.3, -0.25) is 5.32 Å². The summed E-state index contributed by atoms with van der Waals surface area (Å²) in [4.78, 5) is 31.6. The number of nitrogens with zero attached hydrogens (tertiary/aromatic N) is 2. The van der Waals surface area contributed by atoms with Crippen molar-refractivity contribution >= 4 is 31.1 Å². The Hall–Kier alpha value is -3.00. The van der Waals surface area contributed by atoms with E-state index in [2.05, 4.69) is 21.4 Å². The van der Waals surface area contributed by atoms with Crippen LogP contribution in [0.15, 0.2) is 36.8 Å². The Kier molecular flexibility index (Phi) is 13.5. The van der Waals surface area contributed by atoms with Crippen molar-refractivity contribution in [3.05, 3.63) is 42.4 Å². The summed E-state index contributed by atoms with van der Waals surface area (Å²) in [6.07, 6.45) is 3.36. The fourth-order valence-electron chi connectivity index (χ4n) is 1.48. The summed E-state index contributed by atoms with van der Waals surface area (Å²) in [5.41, 5.74) is 6.36. The van der Waals surface area contributed by atoms with Gasteiger partial charge in [-0.25, -0.2) is 9.78 Å². The van der Waals surface area contributed by atoms with Crippen LogP contribution in [-0.2, 0) is 16.6 Å². The lowest BCUT2D eigenvalue weighted by atomic mass is 10.2. The molecule has 8 heteroatoms. The molecule has 0 aliphatic rings. The third kappa shape index (κ3) is 9.53. The number of carbonyl (C=O) groups excluding carboxylic acids is 3. The SMILES string of the molecule is C=O.C=O.CN.Cc1cccc(NC(=O)Nc2cn(C)cn2)c1. The third-order valence-electron chi connectivity index (χ3n) is 2.22. The van der Waals surface area contributed by atoms with Crippen molar-refractivity contribution in [2.24, 2.45) is 12.8 Å². The molecule has 0 saturated heterocycles. The molecule has 8 nitrogen and oxygen atoms in total. The maximum Gasteiger partial charge on any atom is 0.324 e. The number of amides is 2.